The van der Waals surface area contributed by atoms with E-state index in [4.69, 9.17) is 0 Å². The zero-order valence-corrected chi connectivity index (χ0v) is 12.2. The van der Waals surface area contributed by atoms with Gasteiger partial charge in [0.2, 0.25) is 0 Å². The molecule has 0 N–H and O–H groups in total. The maximum Gasteiger partial charge on any atom is 0.103 e. The molecular weight excluding hydrogens is 288 g/mol. The summed E-state index contributed by atoms with van der Waals surface area (Å²) >= 11 is 3.47. The topological polar surface area (TPSA) is 28.7 Å². The largest absolute Gasteiger partial charge is 0.345 e. The molecule has 0 fully saturated rings. The molecule has 3 heteroatoms. The first-order chi connectivity index (χ1) is 8.67. The van der Waals surface area contributed by atoms with Crippen molar-refractivity contribution in [3.63, 3.8) is 0 Å². The SMILES string of the molecule is CCCn1cc(Br)c(C#N)c1-c1ccc(C)cc1. The second-order valence-electron chi connectivity index (χ2n) is 4.37. The van der Waals surface area contributed by atoms with Gasteiger partial charge in [-0.3, -0.25) is 0 Å². The number of rotatable bonds is 3. The maximum absolute atomic E-state index is 9.30. The number of halogens is 1. The molecule has 0 aliphatic carbocycles. The number of benzene rings is 1. The lowest BCUT2D eigenvalue weighted by atomic mass is 10.1. The van der Waals surface area contributed by atoms with Crippen molar-refractivity contribution in [2.45, 2.75) is 26.8 Å². The second kappa shape index (κ2) is 5.41. The van der Waals surface area contributed by atoms with Gasteiger partial charge in [-0.05, 0) is 34.8 Å². The average Bonchev–Trinajstić information content (AvgIpc) is 2.67. The fraction of sp³-hybridized carbons (Fsp3) is 0.267. The molecule has 0 aliphatic heterocycles. The number of hydrogen-bond donors (Lipinski definition) is 0. The van der Waals surface area contributed by atoms with E-state index in [-0.39, 0.29) is 0 Å². The van der Waals surface area contributed by atoms with Crippen molar-refractivity contribution < 1.29 is 0 Å². The molecule has 92 valence electrons. The summed E-state index contributed by atoms with van der Waals surface area (Å²) in [5.41, 5.74) is 4.04. The molecule has 0 saturated heterocycles. The van der Waals surface area contributed by atoms with E-state index in [0.717, 1.165) is 28.7 Å². The molecule has 0 bridgehead atoms. The van der Waals surface area contributed by atoms with Gasteiger partial charge in [-0.25, -0.2) is 0 Å². The fourth-order valence-electron chi connectivity index (χ4n) is 2.07. The molecule has 18 heavy (non-hydrogen) atoms. The predicted octanol–water partition coefficient (Wildman–Crippen LogP) is 4.51. The number of nitrogens with zero attached hydrogens (tertiary/aromatic N) is 2. The van der Waals surface area contributed by atoms with Crippen LogP contribution in [0.15, 0.2) is 34.9 Å². The minimum absolute atomic E-state index is 0.715. The number of aromatic nitrogens is 1. The summed E-state index contributed by atoms with van der Waals surface area (Å²) in [6.07, 6.45) is 3.04. The summed E-state index contributed by atoms with van der Waals surface area (Å²) in [4.78, 5) is 0. The Hall–Kier alpha value is -1.53. The van der Waals surface area contributed by atoms with Crippen molar-refractivity contribution >= 4 is 15.9 Å². The number of nitriles is 1. The fourth-order valence-corrected chi connectivity index (χ4v) is 2.59. The van der Waals surface area contributed by atoms with Crippen molar-refractivity contribution in [2.24, 2.45) is 0 Å². The number of hydrogen-bond acceptors (Lipinski definition) is 1. The Morgan fingerprint density at radius 3 is 2.50 bits per heavy atom. The third-order valence-electron chi connectivity index (χ3n) is 2.93. The molecule has 0 spiro atoms. The molecule has 2 rings (SSSR count). The minimum Gasteiger partial charge on any atom is -0.345 e. The van der Waals surface area contributed by atoms with Crippen LogP contribution in [0, 0.1) is 18.3 Å². The zero-order valence-electron chi connectivity index (χ0n) is 10.6. The van der Waals surface area contributed by atoms with Gasteiger partial charge in [0.1, 0.15) is 6.07 Å². The third-order valence-corrected chi connectivity index (χ3v) is 3.53. The Kier molecular flexibility index (Phi) is 3.88. The highest BCUT2D eigenvalue weighted by molar-refractivity contribution is 9.10. The highest BCUT2D eigenvalue weighted by Gasteiger charge is 2.15. The molecule has 0 saturated carbocycles. The van der Waals surface area contributed by atoms with E-state index in [1.165, 1.54) is 5.56 Å². The molecule has 1 aromatic carbocycles. The molecule has 0 unspecified atom stereocenters. The van der Waals surface area contributed by atoms with E-state index in [1.54, 1.807) is 0 Å². The molecular formula is C15H15BrN2. The monoisotopic (exact) mass is 302 g/mol. The summed E-state index contributed by atoms with van der Waals surface area (Å²) in [7, 11) is 0. The summed E-state index contributed by atoms with van der Waals surface area (Å²) < 4.78 is 3.02. The van der Waals surface area contributed by atoms with Crippen LogP contribution in [-0.4, -0.2) is 4.57 Å². The molecule has 0 amide bonds. The Balaban J connectivity index is 2.60. The van der Waals surface area contributed by atoms with Crippen molar-refractivity contribution in [2.75, 3.05) is 0 Å². The Bertz CT molecular complexity index is 588. The van der Waals surface area contributed by atoms with E-state index < -0.39 is 0 Å². The van der Waals surface area contributed by atoms with Gasteiger partial charge >= 0.3 is 0 Å². The summed E-state index contributed by atoms with van der Waals surface area (Å²) in [5.74, 6) is 0. The first-order valence-corrected chi connectivity index (χ1v) is 6.82. The van der Waals surface area contributed by atoms with Crippen LogP contribution in [0.3, 0.4) is 0 Å². The first kappa shape index (κ1) is 12.9. The summed E-state index contributed by atoms with van der Waals surface area (Å²) in [6, 6.07) is 10.6. The van der Waals surface area contributed by atoms with Crippen LogP contribution in [0.25, 0.3) is 11.3 Å². The van der Waals surface area contributed by atoms with Crippen molar-refractivity contribution in [1.82, 2.24) is 4.57 Å². The normalized spacial score (nSPS) is 10.3. The molecule has 2 aromatic rings. The van der Waals surface area contributed by atoms with E-state index in [2.05, 4.69) is 64.7 Å². The minimum atomic E-state index is 0.715. The van der Waals surface area contributed by atoms with Crippen molar-refractivity contribution in [3.8, 4) is 17.3 Å². The van der Waals surface area contributed by atoms with Crippen LogP contribution in [0.5, 0.6) is 0 Å². The summed E-state index contributed by atoms with van der Waals surface area (Å²) in [6.45, 7) is 5.12. The van der Waals surface area contributed by atoms with Gasteiger partial charge in [-0.1, -0.05) is 36.8 Å². The van der Waals surface area contributed by atoms with Crippen LogP contribution >= 0.6 is 15.9 Å². The quantitative estimate of drug-likeness (QED) is 0.820. The van der Waals surface area contributed by atoms with Gasteiger partial charge < -0.3 is 4.57 Å². The van der Waals surface area contributed by atoms with Crippen LogP contribution in [0.1, 0.15) is 24.5 Å². The van der Waals surface area contributed by atoms with Gasteiger partial charge in [0.05, 0.1) is 15.7 Å². The highest BCUT2D eigenvalue weighted by atomic mass is 79.9. The van der Waals surface area contributed by atoms with E-state index in [9.17, 15) is 5.26 Å². The Morgan fingerprint density at radius 1 is 1.28 bits per heavy atom. The lowest BCUT2D eigenvalue weighted by Crippen LogP contribution is -1.98. The van der Waals surface area contributed by atoms with E-state index >= 15 is 0 Å². The number of aryl methyl sites for hydroxylation is 2. The van der Waals surface area contributed by atoms with Crippen LogP contribution in [0.2, 0.25) is 0 Å². The van der Waals surface area contributed by atoms with Gasteiger partial charge in [-0.15, -0.1) is 0 Å². The molecule has 1 heterocycles. The molecule has 0 atom stereocenters. The Morgan fingerprint density at radius 2 is 1.94 bits per heavy atom. The third kappa shape index (κ3) is 2.34. The lowest BCUT2D eigenvalue weighted by Gasteiger charge is -2.08. The first-order valence-electron chi connectivity index (χ1n) is 6.03. The van der Waals surface area contributed by atoms with E-state index in [1.807, 2.05) is 6.20 Å². The molecule has 2 nitrogen and oxygen atoms in total. The molecule has 0 aliphatic rings. The predicted molar refractivity (Wildman–Crippen MR) is 77.3 cm³/mol. The lowest BCUT2D eigenvalue weighted by molar-refractivity contribution is 0.688. The average molecular weight is 303 g/mol. The maximum atomic E-state index is 9.30. The van der Waals surface area contributed by atoms with Gasteiger partial charge in [0, 0.05) is 12.7 Å². The molecule has 1 aromatic heterocycles. The molecule has 0 radical (unpaired) electrons. The van der Waals surface area contributed by atoms with Gasteiger partial charge in [0.15, 0.2) is 0 Å². The second-order valence-corrected chi connectivity index (χ2v) is 5.23. The summed E-state index contributed by atoms with van der Waals surface area (Å²) in [5, 5.41) is 9.30. The Labute approximate surface area is 116 Å². The van der Waals surface area contributed by atoms with Crippen LogP contribution in [0.4, 0.5) is 0 Å². The zero-order chi connectivity index (χ0) is 13.1. The smallest absolute Gasteiger partial charge is 0.103 e. The van der Waals surface area contributed by atoms with Crippen LogP contribution < -0.4 is 0 Å². The highest BCUT2D eigenvalue weighted by Crippen LogP contribution is 2.31. The van der Waals surface area contributed by atoms with Crippen molar-refractivity contribution in [1.29, 1.82) is 5.26 Å². The van der Waals surface area contributed by atoms with Gasteiger partial charge in [-0.2, -0.15) is 5.26 Å². The van der Waals surface area contributed by atoms with Crippen LogP contribution in [-0.2, 0) is 6.54 Å². The van der Waals surface area contributed by atoms with Gasteiger partial charge in [0.25, 0.3) is 0 Å². The van der Waals surface area contributed by atoms with Crippen molar-refractivity contribution in [3.05, 3.63) is 46.1 Å². The van der Waals surface area contributed by atoms with E-state index in [0.29, 0.717) is 5.56 Å². The standard InChI is InChI=1S/C15H15BrN2/c1-3-8-18-10-14(16)13(9-17)15(18)12-6-4-11(2)5-7-12/h4-7,10H,3,8H2,1-2H3.